The summed E-state index contributed by atoms with van der Waals surface area (Å²) in [5, 5.41) is 3.66. The van der Waals surface area contributed by atoms with Crippen molar-refractivity contribution in [1.82, 2.24) is 4.90 Å². The Hall–Kier alpha value is -0.610. The van der Waals surface area contributed by atoms with Gasteiger partial charge in [-0.05, 0) is 6.92 Å². The van der Waals surface area contributed by atoms with Gasteiger partial charge in [0.2, 0.25) is 0 Å². The molecule has 0 bridgehead atoms. The average Bonchev–Trinajstić information content (AvgIpc) is 2.07. The zero-order chi connectivity index (χ0) is 7.94. The second-order valence-corrected chi connectivity index (χ2v) is 2.35. The van der Waals surface area contributed by atoms with Crippen molar-refractivity contribution in [2.24, 2.45) is 5.16 Å². The number of nitrogens with zero attached hydrogens (tertiary/aromatic N) is 2. The first kappa shape index (κ1) is 8.49. The van der Waals surface area contributed by atoms with E-state index < -0.39 is 0 Å². The number of hydrogen-bond acceptors (Lipinski definition) is 4. The van der Waals surface area contributed by atoms with Crippen LogP contribution in [0.4, 0.5) is 0 Å². The number of morpholine rings is 1. The third-order valence-corrected chi connectivity index (χ3v) is 1.52. The summed E-state index contributed by atoms with van der Waals surface area (Å²) < 4.78 is 5.17. The SMILES string of the molecule is C/C=N\OCN1CCOCC1. The molecule has 4 nitrogen and oxygen atoms in total. The van der Waals surface area contributed by atoms with E-state index in [0.29, 0.717) is 6.73 Å². The van der Waals surface area contributed by atoms with Crippen LogP contribution in [0.2, 0.25) is 0 Å². The minimum Gasteiger partial charge on any atom is -0.380 e. The summed E-state index contributed by atoms with van der Waals surface area (Å²) >= 11 is 0. The molecule has 11 heavy (non-hydrogen) atoms. The molecule has 0 unspecified atom stereocenters. The molecule has 0 aromatic carbocycles. The monoisotopic (exact) mass is 158 g/mol. The molecule has 0 aromatic heterocycles. The molecule has 0 spiro atoms. The van der Waals surface area contributed by atoms with Crippen molar-refractivity contribution in [2.75, 3.05) is 33.0 Å². The first-order chi connectivity index (χ1) is 5.43. The van der Waals surface area contributed by atoms with Gasteiger partial charge in [0, 0.05) is 19.3 Å². The molecular weight excluding hydrogens is 144 g/mol. The Balaban J connectivity index is 2.04. The smallest absolute Gasteiger partial charge is 0.171 e. The molecular formula is C7H14N2O2. The minimum atomic E-state index is 0.577. The molecule has 0 amide bonds. The summed E-state index contributed by atoms with van der Waals surface area (Å²) in [6, 6.07) is 0. The Bertz CT molecular complexity index is 122. The Labute approximate surface area is 66.8 Å². The van der Waals surface area contributed by atoms with E-state index in [1.807, 2.05) is 6.92 Å². The molecule has 1 aliphatic heterocycles. The summed E-state index contributed by atoms with van der Waals surface area (Å²) in [6.45, 7) is 5.91. The van der Waals surface area contributed by atoms with Crippen LogP contribution < -0.4 is 0 Å². The normalized spacial score (nSPS) is 20.8. The van der Waals surface area contributed by atoms with Gasteiger partial charge in [-0.25, -0.2) is 0 Å². The predicted octanol–water partition coefficient (Wildman–Crippen LogP) is 0.298. The summed E-state index contributed by atoms with van der Waals surface area (Å²) in [4.78, 5) is 7.13. The van der Waals surface area contributed by atoms with Crippen LogP contribution in [-0.2, 0) is 9.57 Å². The van der Waals surface area contributed by atoms with Crippen molar-refractivity contribution in [1.29, 1.82) is 0 Å². The van der Waals surface area contributed by atoms with Crippen LogP contribution in [0.25, 0.3) is 0 Å². The minimum absolute atomic E-state index is 0.577. The molecule has 64 valence electrons. The molecule has 0 atom stereocenters. The van der Waals surface area contributed by atoms with Crippen molar-refractivity contribution in [3.8, 4) is 0 Å². The fourth-order valence-electron chi connectivity index (χ4n) is 0.920. The lowest BCUT2D eigenvalue weighted by atomic mass is 10.5. The molecule has 0 saturated carbocycles. The van der Waals surface area contributed by atoms with Gasteiger partial charge in [-0.2, -0.15) is 0 Å². The van der Waals surface area contributed by atoms with E-state index >= 15 is 0 Å². The summed E-state index contributed by atoms with van der Waals surface area (Å²) in [7, 11) is 0. The third kappa shape index (κ3) is 3.34. The van der Waals surface area contributed by atoms with Gasteiger partial charge < -0.3 is 9.57 Å². The molecule has 1 rings (SSSR count). The van der Waals surface area contributed by atoms with E-state index in [2.05, 4.69) is 10.1 Å². The van der Waals surface area contributed by atoms with Crippen molar-refractivity contribution in [2.45, 2.75) is 6.92 Å². The largest absolute Gasteiger partial charge is 0.380 e. The lowest BCUT2D eigenvalue weighted by molar-refractivity contribution is -0.0310. The van der Waals surface area contributed by atoms with Crippen molar-refractivity contribution in [3.63, 3.8) is 0 Å². The number of rotatable bonds is 3. The zero-order valence-corrected chi connectivity index (χ0v) is 6.82. The van der Waals surface area contributed by atoms with Crippen LogP contribution in [0.1, 0.15) is 6.92 Å². The lowest BCUT2D eigenvalue weighted by Crippen LogP contribution is -2.37. The summed E-state index contributed by atoms with van der Waals surface area (Å²) in [6.07, 6.45) is 1.64. The van der Waals surface area contributed by atoms with Crippen molar-refractivity contribution in [3.05, 3.63) is 0 Å². The van der Waals surface area contributed by atoms with Gasteiger partial charge >= 0.3 is 0 Å². The highest BCUT2D eigenvalue weighted by molar-refractivity contribution is 5.52. The van der Waals surface area contributed by atoms with Gasteiger partial charge in [-0.3, -0.25) is 4.90 Å². The molecule has 0 aromatic rings. The highest BCUT2D eigenvalue weighted by atomic mass is 16.6. The maximum absolute atomic E-state index is 5.17. The molecule has 0 aliphatic carbocycles. The van der Waals surface area contributed by atoms with E-state index in [1.54, 1.807) is 6.21 Å². The average molecular weight is 158 g/mol. The fraction of sp³-hybridized carbons (Fsp3) is 0.857. The van der Waals surface area contributed by atoms with Gasteiger partial charge in [-0.15, -0.1) is 0 Å². The van der Waals surface area contributed by atoms with Crippen LogP contribution >= 0.6 is 0 Å². The van der Waals surface area contributed by atoms with E-state index in [1.165, 1.54) is 0 Å². The van der Waals surface area contributed by atoms with E-state index in [-0.39, 0.29) is 0 Å². The van der Waals surface area contributed by atoms with Gasteiger partial charge in [0.15, 0.2) is 6.73 Å². The quantitative estimate of drug-likeness (QED) is 0.437. The lowest BCUT2D eigenvalue weighted by Gasteiger charge is -2.24. The van der Waals surface area contributed by atoms with Gasteiger partial charge in [0.05, 0.1) is 13.2 Å². The highest BCUT2D eigenvalue weighted by Crippen LogP contribution is 1.95. The molecule has 1 aliphatic rings. The van der Waals surface area contributed by atoms with Gasteiger partial charge in [-0.1, -0.05) is 5.16 Å². The topological polar surface area (TPSA) is 34.1 Å². The molecule has 0 radical (unpaired) electrons. The Morgan fingerprint density at radius 3 is 2.91 bits per heavy atom. The van der Waals surface area contributed by atoms with E-state index in [0.717, 1.165) is 26.3 Å². The maximum atomic E-state index is 5.17. The predicted molar refractivity (Wildman–Crippen MR) is 42.5 cm³/mol. The van der Waals surface area contributed by atoms with Gasteiger partial charge in [0.25, 0.3) is 0 Å². The van der Waals surface area contributed by atoms with Crippen LogP contribution in [0.15, 0.2) is 5.16 Å². The van der Waals surface area contributed by atoms with Crippen LogP contribution in [-0.4, -0.2) is 44.1 Å². The Morgan fingerprint density at radius 1 is 1.55 bits per heavy atom. The first-order valence-corrected chi connectivity index (χ1v) is 3.83. The molecule has 1 fully saturated rings. The molecule has 4 heteroatoms. The Morgan fingerprint density at radius 2 is 2.27 bits per heavy atom. The number of oxime groups is 1. The maximum Gasteiger partial charge on any atom is 0.171 e. The third-order valence-electron chi connectivity index (χ3n) is 1.52. The number of ether oxygens (including phenoxy) is 1. The van der Waals surface area contributed by atoms with E-state index in [4.69, 9.17) is 9.57 Å². The summed E-state index contributed by atoms with van der Waals surface area (Å²) in [5.74, 6) is 0. The molecule has 1 saturated heterocycles. The summed E-state index contributed by atoms with van der Waals surface area (Å²) in [5.41, 5.74) is 0. The fourth-order valence-corrected chi connectivity index (χ4v) is 0.920. The first-order valence-electron chi connectivity index (χ1n) is 3.83. The molecule has 0 N–H and O–H groups in total. The van der Waals surface area contributed by atoms with E-state index in [9.17, 15) is 0 Å². The second kappa shape index (κ2) is 5.09. The Kier molecular flexibility index (Phi) is 3.93. The van der Waals surface area contributed by atoms with Crippen LogP contribution in [0, 0.1) is 0 Å². The standard InChI is InChI=1S/C7H14N2O2/c1-2-8-11-7-9-3-5-10-6-4-9/h2H,3-7H2,1H3/b8-2-. The van der Waals surface area contributed by atoms with Crippen LogP contribution in [0.3, 0.4) is 0 Å². The highest BCUT2D eigenvalue weighted by Gasteiger charge is 2.09. The van der Waals surface area contributed by atoms with Gasteiger partial charge in [0.1, 0.15) is 0 Å². The number of hydrogen-bond donors (Lipinski definition) is 0. The zero-order valence-electron chi connectivity index (χ0n) is 6.82. The van der Waals surface area contributed by atoms with Crippen molar-refractivity contribution < 1.29 is 9.57 Å². The molecule has 1 heterocycles. The second-order valence-electron chi connectivity index (χ2n) is 2.35. The van der Waals surface area contributed by atoms with Crippen LogP contribution in [0.5, 0.6) is 0 Å². The van der Waals surface area contributed by atoms with Crippen molar-refractivity contribution >= 4 is 6.21 Å².